The second-order valence-electron chi connectivity index (χ2n) is 6.19. The van der Waals surface area contributed by atoms with Crippen LogP contribution >= 0.6 is 11.8 Å². The van der Waals surface area contributed by atoms with E-state index in [-0.39, 0.29) is 11.7 Å². The van der Waals surface area contributed by atoms with Crippen molar-refractivity contribution in [3.63, 3.8) is 0 Å². The molecular formula is C21H22N2O3S. The van der Waals surface area contributed by atoms with E-state index in [0.29, 0.717) is 6.42 Å². The molecule has 0 aliphatic rings. The zero-order chi connectivity index (χ0) is 19.1. The number of H-pyrrole nitrogens is 1. The van der Waals surface area contributed by atoms with E-state index >= 15 is 0 Å². The average Bonchev–Trinajstić information content (AvgIpc) is 3.10. The van der Waals surface area contributed by atoms with Crippen molar-refractivity contribution in [1.29, 1.82) is 0 Å². The number of thioether (sulfide) groups is 1. The summed E-state index contributed by atoms with van der Waals surface area (Å²) in [5, 5.41) is 3.85. The normalized spacial score (nSPS) is 11.9. The fourth-order valence-electron chi connectivity index (χ4n) is 2.93. The Morgan fingerprint density at radius 3 is 2.63 bits per heavy atom. The highest BCUT2D eigenvalue weighted by molar-refractivity contribution is 7.99. The number of carbonyl (C=O) groups is 2. The Hall–Kier alpha value is -2.73. The van der Waals surface area contributed by atoms with Crippen LogP contribution in [-0.4, -0.2) is 35.8 Å². The number of hydrogen-bond acceptors (Lipinski definition) is 4. The predicted molar refractivity (Wildman–Crippen MR) is 109 cm³/mol. The number of carbonyl (C=O) groups excluding carboxylic acids is 2. The number of aromatic amines is 1. The fourth-order valence-corrected chi connectivity index (χ4v) is 3.73. The molecule has 3 rings (SSSR count). The van der Waals surface area contributed by atoms with E-state index in [9.17, 15) is 9.59 Å². The monoisotopic (exact) mass is 382 g/mol. The molecule has 5 nitrogen and oxygen atoms in total. The highest BCUT2D eigenvalue weighted by Crippen LogP contribution is 2.19. The molecule has 1 atom stereocenters. The summed E-state index contributed by atoms with van der Waals surface area (Å²) < 4.78 is 4.88. The van der Waals surface area contributed by atoms with Gasteiger partial charge in [0.2, 0.25) is 5.91 Å². The largest absolute Gasteiger partial charge is 0.467 e. The summed E-state index contributed by atoms with van der Waals surface area (Å²) in [6.45, 7) is 0. The van der Waals surface area contributed by atoms with Crippen molar-refractivity contribution in [2.24, 2.45) is 0 Å². The topological polar surface area (TPSA) is 71.2 Å². The van der Waals surface area contributed by atoms with Gasteiger partial charge in [-0.3, -0.25) is 4.79 Å². The second kappa shape index (κ2) is 9.28. The third kappa shape index (κ3) is 5.14. The first kappa shape index (κ1) is 19.0. The molecule has 2 aromatic carbocycles. The van der Waals surface area contributed by atoms with Crippen LogP contribution < -0.4 is 5.32 Å². The quantitative estimate of drug-likeness (QED) is 0.587. The van der Waals surface area contributed by atoms with Crippen LogP contribution in [-0.2, 0) is 26.5 Å². The number of methoxy groups -OCH3 is 1. The van der Waals surface area contributed by atoms with Crippen molar-refractivity contribution in [3.8, 4) is 0 Å². The van der Waals surface area contributed by atoms with Gasteiger partial charge in [0.05, 0.1) is 12.9 Å². The van der Waals surface area contributed by atoms with Gasteiger partial charge in [-0.15, -0.1) is 11.8 Å². The van der Waals surface area contributed by atoms with Gasteiger partial charge >= 0.3 is 5.97 Å². The molecule has 3 aromatic rings. The minimum atomic E-state index is -0.709. The Morgan fingerprint density at radius 2 is 1.85 bits per heavy atom. The zero-order valence-corrected chi connectivity index (χ0v) is 15.9. The number of rotatable bonds is 8. The minimum Gasteiger partial charge on any atom is -0.467 e. The minimum absolute atomic E-state index is 0.175. The van der Waals surface area contributed by atoms with Crippen molar-refractivity contribution in [3.05, 3.63) is 71.9 Å². The molecule has 0 saturated heterocycles. The molecule has 0 spiro atoms. The van der Waals surface area contributed by atoms with E-state index in [1.807, 2.05) is 60.8 Å². The molecule has 1 heterocycles. The molecule has 0 fully saturated rings. The Balaban J connectivity index is 1.59. The van der Waals surface area contributed by atoms with Crippen LogP contribution in [0.3, 0.4) is 0 Å². The Morgan fingerprint density at radius 1 is 1.11 bits per heavy atom. The molecule has 27 heavy (non-hydrogen) atoms. The smallest absolute Gasteiger partial charge is 0.328 e. The van der Waals surface area contributed by atoms with E-state index in [0.717, 1.165) is 22.2 Å². The van der Waals surface area contributed by atoms with Gasteiger partial charge < -0.3 is 15.0 Å². The maximum atomic E-state index is 12.3. The Bertz CT molecular complexity index is 908. The average molecular weight is 382 g/mol. The van der Waals surface area contributed by atoms with Gasteiger partial charge in [-0.1, -0.05) is 48.5 Å². The number of nitrogens with one attached hydrogen (secondary N) is 2. The summed E-state index contributed by atoms with van der Waals surface area (Å²) in [5.74, 6) is 0.420. The van der Waals surface area contributed by atoms with Gasteiger partial charge in [-0.2, -0.15) is 0 Å². The summed E-state index contributed by atoms with van der Waals surface area (Å²) in [6.07, 6.45) is 2.25. The Labute approximate surface area is 162 Å². The maximum Gasteiger partial charge on any atom is 0.328 e. The van der Waals surface area contributed by atoms with E-state index in [1.54, 1.807) is 0 Å². The van der Waals surface area contributed by atoms with E-state index < -0.39 is 12.0 Å². The summed E-state index contributed by atoms with van der Waals surface area (Å²) in [5.41, 5.74) is 3.14. The molecule has 0 radical (unpaired) electrons. The van der Waals surface area contributed by atoms with Gasteiger partial charge in [-0.05, 0) is 17.2 Å². The van der Waals surface area contributed by atoms with Gasteiger partial charge in [0.1, 0.15) is 6.04 Å². The number of fused-ring (bicyclic) bond motifs is 1. The summed E-state index contributed by atoms with van der Waals surface area (Å²) in [4.78, 5) is 27.6. The van der Waals surface area contributed by atoms with E-state index in [1.165, 1.54) is 24.4 Å². The summed E-state index contributed by atoms with van der Waals surface area (Å²) in [6, 6.07) is 17.1. The van der Waals surface area contributed by atoms with Gasteiger partial charge in [0.15, 0.2) is 0 Å². The van der Waals surface area contributed by atoms with Crippen LogP contribution in [0.4, 0.5) is 0 Å². The molecular weight excluding hydrogens is 360 g/mol. The van der Waals surface area contributed by atoms with E-state index in [2.05, 4.69) is 10.3 Å². The van der Waals surface area contributed by atoms with Crippen LogP contribution in [0.1, 0.15) is 11.1 Å². The van der Waals surface area contributed by atoms with Crippen LogP contribution in [0.15, 0.2) is 60.8 Å². The molecule has 0 bridgehead atoms. The zero-order valence-electron chi connectivity index (χ0n) is 15.1. The fraction of sp³-hybridized carbons (Fsp3) is 0.238. The molecule has 0 aliphatic carbocycles. The first-order valence-electron chi connectivity index (χ1n) is 8.71. The van der Waals surface area contributed by atoms with Gasteiger partial charge in [-0.25, -0.2) is 4.79 Å². The summed E-state index contributed by atoms with van der Waals surface area (Å²) in [7, 11) is 1.33. The number of para-hydroxylation sites is 1. The standard InChI is InChI=1S/C21H22N2O3S/c1-26-21(25)19(11-16-12-22-18-10-6-5-9-17(16)18)23-20(24)14-27-13-15-7-3-2-4-8-15/h2-10,12,19,22H,11,13-14H2,1H3,(H,23,24)/t19-/m1/s1. The lowest BCUT2D eigenvalue weighted by Gasteiger charge is -2.16. The highest BCUT2D eigenvalue weighted by atomic mass is 32.2. The summed E-state index contributed by atoms with van der Waals surface area (Å²) >= 11 is 1.52. The molecule has 0 unspecified atom stereocenters. The molecule has 1 amide bonds. The molecule has 1 aromatic heterocycles. The van der Waals surface area contributed by atoms with Crippen LogP contribution in [0.25, 0.3) is 10.9 Å². The van der Waals surface area contributed by atoms with Gasteiger partial charge in [0.25, 0.3) is 0 Å². The Kier molecular flexibility index (Phi) is 6.54. The number of esters is 1. The highest BCUT2D eigenvalue weighted by Gasteiger charge is 2.23. The third-order valence-electron chi connectivity index (χ3n) is 4.26. The lowest BCUT2D eigenvalue weighted by atomic mass is 10.0. The van der Waals surface area contributed by atoms with Gasteiger partial charge in [0, 0.05) is 29.3 Å². The number of amides is 1. The number of benzene rings is 2. The SMILES string of the molecule is COC(=O)[C@@H](Cc1c[nH]c2ccccc12)NC(=O)CSCc1ccccc1. The van der Waals surface area contributed by atoms with Crippen LogP contribution in [0.2, 0.25) is 0 Å². The lowest BCUT2D eigenvalue weighted by molar-refractivity contribution is -0.144. The molecule has 6 heteroatoms. The third-order valence-corrected chi connectivity index (χ3v) is 5.27. The number of hydrogen-bond donors (Lipinski definition) is 2. The van der Waals surface area contributed by atoms with Crippen molar-refractivity contribution in [1.82, 2.24) is 10.3 Å². The number of ether oxygens (including phenoxy) is 1. The molecule has 140 valence electrons. The van der Waals surface area contributed by atoms with Crippen molar-refractivity contribution >= 4 is 34.5 Å². The first-order chi connectivity index (χ1) is 13.2. The molecule has 2 N–H and O–H groups in total. The lowest BCUT2D eigenvalue weighted by Crippen LogP contribution is -2.43. The predicted octanol–water partition coefficient (Wildman–Crippen LogP) is 3.30. The van der Waals surface area contributed by atoms with E-state index in [4.69, 9.17) is 4.74 Å². The van der Waals surface area contributed by atoms with Crippen LogP contribution in [0, 0.1) is 0 Å². The first-order valence-corrected chi connectivity index (χ1v) is 9.86. The van der Waals surface area contributed by atoms with Crippen molar-refractivity contribution < 1.29 is 14.3 Å². The maximum absolute atomic E-state index is 12.3. The second-order valence-corrected chi connectivity index (χ2v) is 7.17. The molecule has 0 aliphatic heterocycles. The van der Waals surface area contributed by atoms with Crippen molar-refractivity contribution in [2.75, 3.05) is 12.9 Å². The molecule has 0 saturated carbocycles. The number of aromatic nitrogens is 1. The van der Waals surface area contributed by atoms with Crippen molar-refractivity contribution in [2.45, 2.75) is 18.2 Å². The van der Waals surface area contributed by atoms with Crippen LogP contribution in [0.5, 0.6) is 0 Å².